The fourth-order valence-corrected chi connectivity index (χ4v) is 1.91. The van der Waals surface area contributed by atoms with Crippen molar-refractivity contribution in [1.29, 1.82) is 0 Å². The topological polar surface area (TPSA) is 24.1 Å². The summed E-state index contributed by atoms with van der Waals surface area (Å²) < 4.78 is 3.01. The maximum Gasteiger partial charge on any atom is 0.178 e. The third-order valence-electron chi connectivity index (χ3n) is 2.70. The van der Waals surface area contributed by atoms with Crippen LogP contribution in [0.1, 0.15) is 17.2 Å². The monoisotopic (exact) mass is 292 g/mol. The molecule has 0 aliphatic carbocycles. The van der Waals surface area contributed by atoms with Crippen molar-refractivity contribution in [1.82, 2.24) is 0 Å². The number of hydrogen-bond acceptors (Lipinski definition) is 1. The molecule has 88 valence electrons. The predicted molar refractivity (Wildman–Crippen MR) is 70.5 cm³/mol. The number of benzene rings is 1. The molecule has 2 aromatic rings. The molecule has 17 heavy (non-hydrogen) atoms. The van der Waals surface area contributed by atoms with Gasteiger partial charge in [0, 0.05) is 16.6 Å². The lowest BCUT2D eigenvalue weighted by atomic mass is 10.1. The quantitative estimate of drug-likeness (QED) is 0.865. The van der Waals surface area contributed by atoms with E-state index in [2.05, 4.69) is 22.9 Å². The second-order valence-corrected chi connectivity index (χ2v) is 5.06. The van der Waals surface area contributed by atoms with Gasteiger partial charge in [-0.2, -0.15) is 0 Å². The van der Waals surface area contributed by atoms with Gasteiger partial charge in [-0.05, 0) is 30.2 Å². The van der Waals surface area contributed by atoms with Crippen LogP contribution < -0.4 is 4.57 Å². The Balaban J connectivity index is 2.08. The minimum atomic E-state index is -0.476. The largest absolute Gasteiger partial charge is 0.382 e. The summed E-state index contributed by atoms with van der Waals surface area (Å²) in [6.07, 6.45) is 3.49. The molecule has 0 spiro atoms. The van der Waals surface area contributed by atoms with Crippen molar-refractivity contribution >= 4 is 15.9 Å². The molecule has 0 radical (unpaired) electrons. The van der Waals surface area contributed by atoms with E-state index in [0.717, 1.165) is 10.0 Å². The van der Waals surface area contributed by atoms with E-state index in [-0.39, 0.29) is 0 Å². The number of rotatable bonds is 3. The summed E-state index contributed by atoms with van der Waals surface area (Å²) in [7, 11) is 0. The van der Waals surface area contributed by atoms with Crippen molar-refractivity contribution in [3.05, 3.63) is 64.4 Å². The van der Waals surface area contributed by atoms with E-state index in [1.807, 2.05) is 53.4 Å². The lowest BCUT2D eigenvalue weighted by molar-refractivity contribution is -0.704. The Morgan fingerprint density at radius 2 is 1.71 bits per heavy atom. The highest BCUT2D eigenvalue weighted by Gasteiger charge is 2.12. The summed E-state index contributed by atoms with van der Waals surface area (Å²) in [5, 5.41) is 10.1. The van der Waals surface area contributed by atoms with Crippen LogP contribution in [-0.2, 0) is 6.54 Å². The Morgan fingerprint density at radius 1 is 1.12 bits per heavy atom. The van der Waals surface area contributed by atoms with Gasteiger partial charge in [-0.3, -0.25) is 0 Å². The maximum atomic E-state index is 10.1. The fourth-order valence-electron chi connectivity index (χ4n) is 1.64. The van der Waals surface area contributed by atoms with Crippen LogP contribution in [0.25, 0.3) is 0 Å². The van der Waals surface area contributed by atoms with Gasteiger partial charge in [-0.25, -0.2) is 4.57 Å². The zero-order chi connectivity index (χ0) is 12.3. The fraction of sp³-hybridized carbons (Fsp3) is 0.214. The van der Waals surface area contributed by atoms with Gasteiger partial charge >= 0.3 is 0 Å². The molecule has 0 aliphatic rings. The van der Waals surface area contributed by atoms with Gasteiger partial charge < -0.3 is 5.11 Å². The van der Waals surface area contributed by atoms with E-state index in [4.69, 9.17) is 0 Å². The molecule has 0 aliphatic heterocycles. The van der Waals surface area contributed by atoms with Crippen molar-refractivity contribution in [2.75, 3.05) is 0 Å². The van der Waals surface area contributed by atoms with Crippen molar-refractivity contribution in [3.8, 4) is 0 Å². The van der Waals surface area contributed by atoms with Crippen LogP contribution in [0.5, 0.6) is 0 Å². The summed E-state index contributed by atoms with van der Waals surface area (Å²) >= 11 is 3.38. The molecule has 0 bridgehead atoms. The smallest absolute Gasteiger partial charge is 0.178 e. The minimum absolute atomic E-state index is 0.476. The first-order chi connectivity index (χ1) is 8.15. The molecular weight excluding hydrogens is 278 g/mol. The summed E-state index contributed by atoms with van der Waals surface area (Å²) in [5.41, 5.74) is 2.15. The van der Waals surface area contributed by atoms with E-state index in [9.17, 15) is 5.11 Å². The molecule has 3 heteroatoms. The average Bonchev–Trinajstić information content (AvgIpc) is 2.33. The number of aliphatic hydroxyl groups is 1. The van der Waals surface area contributed by atoms with Gasteiger partial charge in [0.2, 0.25) is 0 Å². The standard InChI is InChI=1S/C14H15BrNO/c1-11-6-8-16(9-7-11)10-14(17)12-2-4-13(15)5-3-12/h2-9,14,17H,10H2,1H3/q+1. The number of aryl methyl sites for hydroxylation is 1. The van der Waals surface area contributed by atoms with Crippen LogP contribution in [0.2, 0.25) is 0 Å². The molecular formula is C14H15BrNO+. The van der Waals surface area contributed by atoms with Gasteiger partial charge in [0.05, 0.1) is 0 Å². The molecule has 1 aromatic heterocycles. The van der Waals surface area contributed by atoms with Crippen LogP contribution in [0.4, 0.5) is 0 Å². The second kappa shape index (κ2) is 5.43. The molecule has 0 amide bonds. The lowest BCUT2D eigenvalue weighted by Gasteiger charge is -2.07. The normalized spacial score (nSPS) is 12.4. The molecule has 2 nitrogen and oxygen atoms in total. The number of aliphatic hydroxyl groups excluding tert-OH is 1. The molecule has 1 aromatic carbocycles. The van der Waals surface area contributed by atoms with Crippen LogP contribution >= 0.6 is 15.9 Å². The number of nitrogens with zero attached hydrogens (tertiary/aromatic N) is 1. The van der Waals surface area contributed by atoms with Crippen LogP contribution in [0, 0.1) is 6.92 Å². The third-order valence-corrected chi connectivity index (χ3v) is 3.23. The molecule has 0 fully saturated rings. The van der Waals surface area contributed by atoms with E-state index in [1.54, 1.807) is 0 Å². The first-order valence-corrected chi connectivity index (χ1v) is 6.34. The minimum Gasteiger partial charge on any atom is -0.382 e. The molecule has 0 saturated heterocycles. The summed E-state index contributed by atoms with van der Waals surface area (Å²) in [6, 6.07) is 11.8. The SMILES string of the molecule is Cc1cc[n+](CC(O)c2ccc(Br)cc2)cc1. The maximum absolute atomic E-state index is 10.1. The van der Waals surface area contributed by atoms with E-state index in [1.165, 1.54) is 5.56 Å². The van der Waals surface area contributed by atoms with Crippen LogP contribution in [-0.4, -0.2) is 5.11 Å². The summed E-state index contributed by atoms with van der Waals surface area (Å²) in [6.45, 7) is 2.62. The van der Waals surface area contributed by atoms with E-state index >= 15 is 0 Å². The highest BCUT2D eigenvalue weighted by atomic mass is 79.9. The summed E-state index contributed by atoms with van der Waals surface area (Å²) in [4.78, 5) is 0. The second-order valence-electron chi connectivity index (χ2n) is 4.14. The van der Waals surface area contributed by atoms with Crippen LogP contribution in [0.15, 0.2) is 53.3 Å². The first kappa shape index (κ1) is 12.3. The predicted octanol–water partition coefficient (Wildman–Crippen LogP) is 2.78. The van der Waals surface area contributed by atoms with Crippen molar-refractivity contribution < 1.29 is 9.67 Å². The lowest BCUT2D eigenvalue weighted by Crippen LogP contribution is -2.35. The highest BCUT2D eigenvalue weighted by molar-refractivity contribution is 9.10. The van der Waals surface area contributed by atoms with Crippen molar-refractivity contribution in [3.63, 3.8) is 0 Å². The van der Waals surface area contributed by atoms with Gasteiger partial charge in [-0.15, -0.1) is 0 Å². The Kier molecular flexibility index (Phi) is 3.92. The van der Waals surface area contributed by atoms with E-state index in [0.29, 0.717) is 6.54 Å². The zero-order valence-electron chi connectivity index (χ0n) is 9.68. The van der Waals surface area contributed by atoms with Gasteiger partial charge in [0.15, 0.2) is 18.9 Å². The molecule has 1 heterocycles. The number of pyridine rings is 1. The van der Waals surface area contributed by atoms with Gasteiger partial charge in [-0.1, -0.05) is 28.1 Å². The van der Waals surface area contributed by atoms with Gasteiger partial charge in [0.1, 0.15) is 6.10 Å². The molecule has 1 N–H and O–H groups in total. The summed E-state index contributed by atoms with van der Waals surface area (Å²) in [5.74, 6) is 0. The molecule has 1 atom stereocenters. The number of halogens is 1. The number of aromatic nitrogens is 1. The third kappa shape index (κ3) is 3.38. The van der Waals surface area contributed by atoms with Gasteiger partial charge in [0.25, 0.3) is 0 Å². The first-order valence-electron chi connectivity index (χ1n) is 5.54. The Bertz CT molecular complexity index is 479. The molecule has 2 rings (SSSR count). The Hall–Kier alpha value is -1.19. The molecule has 1 unspecified atom stereocenters. The Morgan fingerprint density at radius 3 is 2.29 bits per heavy atom. The van der Waals surface area contributed by atoms with Crippen molar-refractivity contribution in [2.45, 2.75) is 19.6 Å². The van der Waals surface area contributed by atoms with E-state index < -0.39 is 6.10 Å². The average molecular weight is 293 g/mol. The number of hydrogen-bond donors (Lipinski definition) is 1. The van der Waals surface area contributed by atoms with Crippen molar-refractivity contribution in [2.24, 2.45) is 0 Å². The Labute approximate surface area is 110 Å². The highest BCUT2D eigenvalue weighted by Crippen LogP contribution is 2.16. The molecule has 0 saturated carbocycles. The van der Waals surface area contributed by atoms with Crippen LogP contribution in [0.3, 0.4) is 0 Å². The zero-order valence-corrected chi connectivity index (χ0v) is 11.3.